The van der Waals surface area contributed by atoms with Crippen LogP contribution < -0.4 is 5.32 Å². The molecule has 1 aliphatic rings. The first kappa shape index (κ1) is 56.1. The standard InChI is InChI=1S/C46H91NO11S/c1-3-5-7-9-11-13-14-15-16-17-18-19-20-21-22-23-24-25-26-28-30-32-34-36-42(50)47-39(40(49)35-33-31-29-27-12-10-8-6-4-2)38-56-46-44(52)45(58-59(53,54)55)43(51)41(37-48)57-46/h39-41,43-46,48-49,51-52H,3-38H2,1-2H3,(H,47,50)(H,53,54,55). The lowest BCUT2D eigenvalue weighted by atomic mass is 9.99. The highest BCUT2D eigenvalue weighted by Crippen LogP contribution is 2.26. The summed E-state index contributed by atoms with van der Waals surface area (Å²) in [6.45, 7) is 3.43. The van der Waals surface area contributed by atoms with E-state index in [-0.39, 0.29) is 12.5 Å². The molecule has 0 aromatic carbocycles. The van der Waals surface area contributed by atoms with Gasteiger partial charge in [0.05, 0.1) is 25.4 Å². The largest absolute Gasteiger partial charge is 0.397 e. The van der Waals surface area contributed by atoms with Gasteiger partial charge in [0.25, 0.3) is 0 Å². The molecule has 352 valence electrons. The second-order valence-corrected chi connectivity index (χ2v) is 18.5. The van der Waals surface area contributed by atoms with E-state index >= 15 is 0 Å². The molecule has 0 spiro atoms. The monoisotopic (exact) mass is 866 g/mol. The van der Waals surface area contributed by atoms with Crippen LogP contribution in [0.15, 0.2) is 0 Å². The fourth-order valence-corrected chi connectivity index (χ4v) is 8.62. The Balaban J connectivity index is 2.33. The molecule has 0 aromatic heterocycles. The zero-order valence-corrected chi connectivity index (χ0v) is 38.4. The van der Waals surface area contributed by atoms with E-state index in [1.807, 2.05) is 0 Å². The van der Waals surface area contributed by atoms with Gasteiger partial charge < -0.3 is 35.2 Å². The Morgan fingerprint density at radius 3 is 1.36 bits per heavy atom. The smallest absolute Gasteiger partial charge is 0.394 e. The SMILES string of the molecule is CCCCCCCCCCCCCCCCCCCCCCCCCC(=O)NC(COC1OC(CO)C(O)C(OS(=O)(=O)O)C1O)C(O)CCCCCCCCCCC. The van der Waals surface area contributed by atoms with Crippen LogP contribution in [0.4, 0.5) is 0 Å². The van der Waals surface area contributed by atoms with Crippen molar-refractivity contribution in [2.45, 2.75) is 275 Å². The van der Waals surface area contributed by atoms with Crippen molar-refractivity contribution in [1.82, 2.24) is 5.32 Å². The third-order valence-corrected chi connectivity index (χ3v) is 12.4. The molecule has 0 radical (unpaired) electrons. The summed E-state index contributed by atoms with van der Waals surface area (Å²) < 4.78 is 47.6. The van der Waals surface area contributed by atoms with Crippen LogP contribution in [0.25, 0.3) is 0 Å². The van der Waals surface area contributed by atoms with Crippen molar-refractivity contribution in [2.75, 3.05) is 13.2 Å². The van der Waals surface area contributed by atoms with Gasteiger partial charge in [-0.1, -0.05) is 213 Å². The highest BCUT2D eigenvalue weighted by Gasteiger charge is 2.48. The fourth-order valence-electron chi connectivity index (χ4n) is 8.11. The number of rotatable bonds is 42. The number of nitrogens with one attached hydrogen (secondary N) is 1. The number of ether oxygens (including phenoxy) is 2. The van der Waals surface area contributed by atoms with Crippen molar-refractivity contribution in [3.63, 3.8) is 0 Å². The van der Waals surface area contributed by atoms with Crippen LogP contribution in [0.5, 0.6) is 0 Å². The summed E-state index contributed by atoms with van der Waals surface area (Å²) in [5.74, 6) is -0.227. The second-order valence-electron chi connectivity index (χ2n) is 17.4. The summed E-state index contributed by atoms with van der Waals surface area (Å²) in [7, 11) is -5.07. The van der Waals surface area contributed by atoms with Crippen LogP contribution in [0, 0.1) is 0 Å². The van der Waals surface area contributed by atoms with Gasteiger partial charge in [-0.3, -0.25) is 9.35 Å². The molecule has 0 aliphatic carbocycles. The second kappa shape index (κ2) is 37.6. The minimum Gasteiger partial charge on any atom is -0.394 e. The molecule has 13 heteroatoms. The number of aliphatic hydroxyl groups is 4. The van der Waals surface area contributed by atoms with Gasteiger partial charge in [0.1, 0.15) is 24.4 Å². The topological polar surface area (TPSA) is 192 Å². The molecule has 1 saturated heterocycles. The Morgan fingerprint density at radius 1 is 0.610 bits per heavy atom. The van der Waals surface area contributed by atoms with Crippen LogP contribution in [0.2, 0.25) is 0 Å². The van der Waals surface area contributed by atoms with Gasteiger partial charge in [0, 0.05) is 6.42 Å². The molecular formula is C46H91NO11S. The normalized spacial score (nSPS) is 20.8. The molecule has 6 N–H and O–H groups in total. The van der Waals surface area contributed by atoms with Gasteiger partial charge in [-0.05, 0) is 12.8 Å². The third-order valence-electron chi connectivity index (χ3n) is 11.9. The van der Waals surface area contributed by atoms with Crippen molar-refractivity contribution in [1.29, 1.82) is 0 Å². The maximum atomic E-state index is 13.0. The molecule has 7 unspecified atom stereocenters. The molecule has 0 saturated carbocycles. The molecule has 59 heavy (non-hydrogen) atoms. The van der Waals surface area contributed by atoms with Gasteiger partial charge in [-0.15, -0.1) is 0 Å². The Hall–Kier alpha value is -0.900. The van der Waals surface area contributed by atoms with Crippen molar-refractivity contribution in [2.24, 2.45) is 0 Å². The molecule has 1 amide bonds. The van der Waals surface area contributed by atoms with Crippen LogP contribution >= 0.6 is 0 Å². The number of amides is 1. The van der Waals surface area contributed by atoms with E-state index in [2.05, 4.69) is 23.3 Å². The summed E-state index contributed by atoms with van der Waals surface area (Å²) in [6.07, 6.45) is 31.3. The van der Waals surface area contributed by atoms with Gasteiger partial charge in [0.15, 0.2) is 6.29 Å². The molecule has 0 aromatic rings. The summed E-state index contributed by atoms with van der Waals surface area (Å²) in [5.41, 5.74) is 0. The van der Waals surface area contributed by atoms with E-state index in [4.69, 9.17) is 14.0 Å². The minimum atomic E-state index is -5.07. The average Bonchev–Trinajstić information content (AvgIpc) is 3.20. The summed E-state index contributed by atoms with van der Waals surface area (Å²) in [5, 5.41) is 44.7. The lowest BCUT2D eigenvalue weighted by Gasteiger charge is -2.41. The molecule has 12 nitrogen and oxygen atoms in total. The number of unbranched alkanes of at least 4 members (excludes halogenated alkanes) is 30. The van der Waals surface area contributed by atoms with Gasteiger partial charge in [0.2, 0.25) is 5.91 Å². The van der Waals surface area contributed by atoms with E-state index in [9.17, 15) is 33.6 Å². The molecule has 1 fully saturated rings. The third kappa shape index (κ3) is 30.7. The van der Waals surface area contributed by atoms with Crippen LogP contribution in [-0.4, -0.2) is 95.4 Å². The summed E-state index contributed by atoms with van der Waals surface area (Å²) in [4.78, 5) is 13.0. The van der Waals surface area contributed by atoms with Crippen molar-refractivity contribution < 1.29 is 51.8 Å². The average molecular weight is 866 g/mol. The van der Waals surface area contributed by atoms with Crippen molar-refractivity contribution in [3.05, 3.63) is 0 Å². The molecule has 1 heterocycles. The van der Waals surface area contributed by atoms with Crippen LogP contribution in [-0.2, 0) is 28.9 Å². The van der Waals surface area contributed by atoms with Gasteiger partial charge in [-0.25, -0.2) is 4.18 Å². The van der Waals surface area contributed by atoms with E-state index in [0.717, 1.165) is 51.4 Å². The lowest BCUT2D eigenvalue weighted by Crippen LogP contribution is -2.61. The Bertz CT molecular complexity index is 1070. The maximum Gasteiger partial charge on any atom is 0.397 e. The number of aliphatic hydroxyl groups excluding tert-OH is 4. The summed E-state index contributed by atoms with van der Waals surface area (Å²) in [6, 6.07) is -0.850. The number of hydrogen-bond donors (Lipinski definition) is 6. The molecule has 1 aliphatic heterocycles. The molecule has 1 rings (SSSR count). The van der Waals surface area contributed by atoms with Gasteiger partial charge in [-0.2, -0.15) is 8.42 Å². The predicted molar refractivity (Wildman–Crippen MR) is 236 cm³/mol. The minimum absolute atomic E-state index is 0.227. The Morgan fingerprint density at radius 2 is 0.983 bits per heavy atom. The van der Waals surface area contributed by atoms with E-state index in [1.165, 1.54) is 154 Å². The van der Waals surface area contributed by atoms with Crippen LogP contribution in [0.1, 0.15) is 232 Å². The number of carbonyl (C=O) groups is 1. The van der Waals surface area contributed by atoms with Crippen LogP contribution in [0.3, 0.4) is 0 Å². The quantitative estimate of drug-likeness (QED) is 0.0253. The summed E-state index contributed by atoms with van der Waals surface area (Å²) >= 11 is 0. The van der Waals surface area contributed by atoms with Gasteiger partial charge >= 0.3 is 10.4 Å². The first-order chi connectivity index (χ1) is 28.5. The van der Waals surface area contributed by atoms with Crippen molar-refractivity contribution in [3.8, 4) is 0 Å². The Kier molecular flexibility index (Phi) is 35.8. The Labute approximate surface area is 360 Å². The molecule has 7 atom stereocenters. The highest BCUT2D eigenvalue weighted by molar-refractivity contribution is 7.80. The number of hydrogen-bond acceptors (Lipinski definition) is 10. The zero-order valence-electron chi connectivity index (χ0n) is 37.6. The first-order valence-corrected chi connectivity index (χ1v) is 25.8. The predicted octanol–water partition coefficient (Wildman–Crippen LogP) is 9.78. The molecular weight excluding hydrogens is 775 g/mol. The lowest BCUT2D eigenvalue weighted by molar-refractivity contribution is -0.298. The first-order valence-electron chi connectivity index (χ1n) is 24.4. The maximum absolute atomic E-state index is 13.0. The number of carbonyl (C=O) groups excluding carboxylic acids is 1. The highest BCUT2D eigenvalue weighted by atomic mass is 32.3. The fraction of sp³-hybridized carbons (Fsp3) is 0.978. The van der Waals surface area contributed by atoms with E-state index in [1.54, 1.807) is 0 Å². The van der Waals surface area contributed by atoms with Crippen molar-refractivity contribution >= 4 is 16.3 Å². The zero-order chi connectivity index (χ0) is 43.4. The van der Waals surface area contributed by atoms with E-state index < -0.39 is 59.9 Å². The molecule has 0 bridgehead atoms. The van der Waals surface area contributed by atoms with E-state index in [0.29, 0.717) is 12.8 Å².